The number of hydrogen-bond acceptors (Lipinski definition) is 4. The first-order valence-corrected chi connectivity index (χ1v) is 10.7. The molecule has 1 saturated heterocycles. The number of likely N-dealkylation sites (tertiary alicyclic amines) is 1. The highest BCUT2D eigenvalue weighted by atomic mass is 31.0. The molecule has 1 aliphatic rings. The molecule has 6 nitrogen and oxygen atoms in total. The van der Waals surface area contributed by atoms with Crippen LogP contribution in [0.1, 0.15) is 46.6 Å². The zero-order valence-corrected chi connectivity index (χ0v) is 18.9. The van der Waals surface area contributed by atoms with E-state index in [0.717, 1.165) is 17.8 Å². The molecule has 0 saturated carbocycles. The summed E-state index contributed by atoms with van der Waals surface area (Å²) in [6, 6.07) is 8.85. The summed E-state index contributed by atoms with van der Waals surface area (Å²) < 4.78 is 15.9. The summed E-state index contributed by atoms with van der Waals surface area (Å²) in [4.78, 5) is 23.8. The number of aromatic nitrogens is 4. The topological polar surface area (TPSA) is 63.4 Å². The first-order valence-electron chi connectivity index (χ1n) is 10.1. The van der Waals surface area contributed by atoms with Crippen LogP contribution in [0.4, 0.5) is 4.39 Å². The molecular formula is C20H25B2FN5OP. The van der Waals surface area contributed by atoms with Crippen molar-refractivity contribution in [3.05, 3.63) is 59.2 Å². The van der Waals surface area contributed by atoms with E-state index in [9.17, 15) is 9.18 Å². The Hall–Kier alpha value is -2.27. The second kappa shape index (κ2) is 7.45. The highest BCUT2D eigenvalue weighted by Crippen LogP contribution is 2.37. The van der Waals surface area contributed by atoms with E-state index < -0.39 is 5.57 Å². The van der Waals surface area contributed by atoms with Gasteiger partial charge in [0, 0.05) is 30.3 Å². The maximum absolute atomic E-state index is 14.2. The van der Waals surface area contributed by atoms with E-state index in [4.69, 9.17) is 0 Å². The number of alkyl halides is 1. The Labute approximate surface area is 179 Å². The Morgan fingerprint density at radius 2 is 2.07 bits per heavy atom. The molecule has 3 heterocycles. The molecule has 4 atom stereocenters. The van der Waals surface area contributed by atoms with E-state index in [1.807, 2.05) is 17.9 Å². The van der Waals surface area contributed by atoms with Crippen molar-refractivity contribution in [2.45, 2.75) is 36.8 Å². The Morgan fingerprint density at radius 3 is 2.73 bits per heavy atom. The van der Waals surface area contributed by atoms with Crippen molar-refractivity contribution in [2.75, 3.05) is 13.1 Å². The number of carbonyl (C=O) groups excluding carboxylic acids is 1. The van der Waals surface area contributed by atoms with Crippen molar-refractivity contribution in [3.8, 4) is 0 Å². The van der Waals surface area contributed by atoms with E-state index in [-0.39, 0.29) is 16.9 Å². The summed E-state index contributed by atoms with van der Waals surface area (Å²) >= 11 is 0. The lowest BCUT2D eigenvalue weighted by Crippen LogP contribution is -2.50. The van der Waals surface area contributed by atoms with E-state index in [1.54, 1.807) is 28.8 Å². The number of benzene rings is 1. The molecule has 0 bridgehead atoms. The Bertz CT molecular complexity index is 1100. The minimum Gasteiger partial charge on any atom is -0.338 e. The van der Waals surface area contributed by atoms with Gasteiger partial charge in [-0.15, -0.1) is 9.24 Å². The van der Waals surface area contributed by atoms with Gasteiger partial charge in [0.15, 0.2) is 7.85 Å². The molecule has 0 aliphatic carbocycles. The van der Waals surface area contributed by atoms with Gasteiger partial charge in [-0.05, 0) is 49.1 Å². The minimum absolute atomic E-state index is 0.0443. The van der Waals surface area contributed by atoms with E-state index in [0.29, 0.717) is 30.0 Å². The number of piperidine rings is 1. The van der Waals surface area contributed by atoms with Gasteiger partial charge in [0.2, 0.25) is 0 Å². The maximum Gasteiger partial charge on any atom is 0.253 e. The Morgan fingerprint density at radius 1 is 1.37 bits per heavy atom. The second-order valence-electron chi connectivity index (χ2n) is 9.08. The lowest BCUT2D eigenvalue weighted by Gasteiger charge is -2.42. The van der Waals surface area contributed by atoms with Gasteiger partial charge in [-0.3, -0.25) is 4.79 Å². The van der Waals surface area contributed by atoms with Gasteiger partial charge in [-0.2, -0.15) is 10.1 Å². The van der Waals surface area contributed by atoms with Crippen LogP contribution >= 0.6 is 9.24 Å². The van der Waals surface area contributed by atoms with Crippen molar-refractivity contribution >= 4 is 36.6 Å². The van der Waals surface area contributed by atoms with E-state index in [1.165, 1.54) is 21.1 Å². The predicted molar refractivity (Wildman–Crippen MR) is 123 cm³/mol. The number of rotatable bonds is 3. The van der Waals surface area contributed by atoms with Gasteiger partial charge in [0.05, 0.1) is 11.3 Å². The van der Waals surface area contributed by atoms with Crippen LogP contribution in [0.25, 0.3) is 5.78 Å². The number of hydrogen-bond donors (Lipinski definition) is 0. The third kappa shape index (κ3) is 4.13. The van der Waals surface area contributed by atoms with Crippen molar-refractivity contribution < 1.29 is 9.18 Å². The number of aryl methyl sites for hydroxylation is 1. The molecule has 3 aromatic rings. The molecule has 0 radical (unpaired) electrons. The van der Waals surface area contributed by atoms with E-state index >= 15 is 0 Å². The zero-order chi connectivity index (χ0) is 21.7. The number of nitrogens with zero attached hydrogens (tertiary/aromatic N) is 5. The molecule has 1 amide bonds. The minimum atomic E-state index is -1.43. The number of carbonyl (C=O) groups is 1. The summed E-state index contributed by atoms with van der Waals surface area (Å²) in [5.74, 6) is 0.626. The average molecular weight is 423 g/mol. The van der Waals surface area contributed by atoms with Crippen LogP contribution in [-0.4, -0.2) is 64.2 Å². The number of fused-ring (bicyclic) bond motifs is 1. The zero-order valence-electron chi connectivity index (χ0n) is 17.8. The number of halogens is 1. The molecule has 4 rings (SSSR count). The van der Waals surface area contributed by atoms with Gasteiger partial charge in [-0.1, -0.05) is 12.1 Å². The highest BCUT2D eigenvalue weighted by Gasteiger charge is 2.37. The van der Waals surface area contributed by atoms with Crippen LogP contribution < -0.4 is 0 Å². The average Bonchev–Trinajstić information content (AvgIpc) is 3.13. The van der Waals surface area contributed by atoms with Crippen molar-refractivity contribution in [1.29, 1.82) is 0 Å². The maximum atomic E-state index is 14.2. The molecule has 30 heavy (non-hydrogen) atoms. The molecule has 0 spiro atoms. The molecule has 154 valence electrons. The predicted octanol–water partition coefficient (Wildman–Crippen LogP) is 1.04. The SMILES string of the molecule is BC1(P)CC(c2cc(C)nc3ncnn23)CN(C(=O)c2ccc(C(B)(C)F)cc2)C1. The fourth-order valence-corrected chi connectivity index (χ4v) is 4.76. The standard InChI is InChI=1S/C20H25B2FN5OP/c1-12-7-16(28-18(26-12)24-11-25-28)14-8-20(22,30)10-27(9-14)17(29)13-3-5-15(6-4-13)19(2,21)23/h3-7,11,14H,8-10,21-22,30H2,1-2H3. The van der Waals surface area contributed by atoms with E-state index in [2.05, 4.69) is 32.2 Å². The molecule has 1 aromatic carbocycles. The van der Waals surface area contributed by atoms with Crippen LogP contribution in [-0.2, 0) is 5.57 Å². The summed E-state index contributed by atoms with van der Waals surface area (Å²) in [5, 5.41) is 4.21. The fourth-order valence-electron chi connectivity index (χ4n) is 4.25. The monoisotopic (exact) mass is 423 g/mol. The first kappa shape index (κ1) is 21.0. The van der Waals surface area contributed by atoms with Gasteiger partial charge in [-0.25, -0.2) is 13.9 Å². The van der Waals surface area contributed by atoms with Gasteiger partial charge in [0.1, 0.15) is 14.2 Å². The smallest absolute Gasteiger partial charge is 0.253 e. The summed E-state index contributed by atoms with van der Waals surface area (Å²) in [6.45, 7) is 4.67. The Kier molecular flexibility index (Phi) is 5.21. The fraction of sp³-hybridized carbons (Fsp3) is 0.400. The van der Waals surface area contributed by atoms with Crippen LogP contribution in [0, 0.1) is 6.92 Å². The van der Waals surface area contributed by atoms with Crippen molar-refractivity contribution in [2.24, 2.45) is 0 Å². The summed E-state index contributed by atoms with van der Waals surface area (Å²) in [7, 11) is 6.57. The van der Waals surface area contributed by atoms with Gasteiger partial charge in [0.25, 0.3) is 11.7 Å². The summed E-state index contributed by atoms with van der Waals surface area (Å²) in [6.07, 6.45) is 2.40. The van der Waals surface area contributed by atoms with Crippen LogP contribution in [0.5, 0.6) is 0 Å². The van der Waals surface area contributed by atoms with Gasteiger partial charge < -0.3 is 4.90 Å². The molecule has 2 aromatic heterocycles. The molecule has 0 N–H and O–H groups in total. The first-order chi connectivity index (χ1) is 14.0. The normalized spacial score (nSPS) is 24.0. The molecule has 10 heteroatoms. The van der Waals surface area contributed by atoms with Crippen molar-refractivity contribution in [3.63, 3.8) is 0 Å². The molecule has 1 fully saturated rings. The third-order valence-electron chi connectivity index (χ3n) is 5.64. The largest absolute Gasteiger partial charge is 0.338 e. The molecule has 1 aliphatic heterocycles. The molecule has 4 unspecified atom stereocenters. The summed E-state index contributed by atoms with van der Waals surface area (Å²) in [5.41, 5.74) is 1.59. The van der Waals surface area contributed by atoms with Crippen molar-refractivity contribution in [1.82, 2.24) is 24.5 Å². The lowest BCUT2D eigenvalue weighted by molar-refractivity contribution is 0.0698. The van der Waals surface area contributed by atoms with Crippen LogP contribution in [0.15, 0.2) is 36.7 Å². The highest BCUT2D eigenvalue weighted by molar-refractivity contribution is 7.22. The Balaban J connectivity index is 1.64. The lowest BCUT2D eigenvalue weighted by atomic mass is 9.74. The van der Waals surface area contributed by atoms with Gasteiger partial charge >= 0.3 is 0 Å². The second-order valence-corrected chi connectivity index (χ2v) is 10.5. The third-order valence-corrected chi connectivity index (χ3v) is 6.06. The number of amides is 1. The molecular weight excluding hydrogens is 398 g/mol. The quantitative estimate of drug-likeness (QED) is 0.467. The van der Waals surface area contributed by atoms with Crippen LogP contribution in [0.2, 0.25) is 0 Å². The van der Waals surface area contributed by atoms with Crippen LogP contribution in [0.3, 0.4) is 0 Å².